The second kappa shape index (κ2) is 10.1. The number of hydrogen-bond acceptors (Lipinski definition) is 4. The number of likely N-dealkylation sites (tertiary alicyclic amines) is 1. The molecule has 158 valence electrons. The van der Waals surface area contributed by atoms with Crippen LogP contribution in [0, 0.1) is 5.92 Å². The van der Waals surface area contributed by atoms with E-state index in [9.17, 15) is 13.2 Å². The summed E-state index contributed by atoms with van der Waals surface area (Å²) in [5, 5.41) is 0. The van der Waals surface area contributed by atoms with E-state index in [1.54, 1.807) is 0 Å². The third-order valence-corrected chi connectivity index (χ3v) is 7.92. The Balaban J connectivity index is 0.00000280. The quantitative estimate of drug-likeness (QED) is 0.751. The second-order valence-electron chi connectivity index (χ2n) is 7.69. The molecule has 2 fully saturated rings. The van der Waals surface area contributed by atoms with Gasteiger partial charge in [0.05, 0.1) is 5.75 Å². The number of piperidine rings is 1. The molecular weight excluding hydrogens is 398 g/mol. The molecule has 0 aromatic heterocycles. The first-order valence-corrected chi connectivity index (χ1v) is 11.6. The SMILES string of the molecule is CCCS(=O)(=O)N1CCCCC1C(=O)N1C[C@@H](CN)[C@H](c2ccccc2)C1.Cl. The Labute approximate surface area is 174 Å². The first kappa shape index (κ1) is 23.1. The van der Waals surface area contributed by atoms with Crippen LogP contribution >= 0.6 is 12.4 Å². The van der Waals surface area contributed by atoms with E-state index >= 15 is 0 Å². The lowest BCUT2D eigenvalue weighted by Crippen LogP contribution is -2.53. The van der Waals surface area contributed by atoms with Gasteiger partial charge in [0.1, 0.15) is 6.04 Å². The van der Waals surface area contributed by atoms with Crippen molar-refractivity contribution in [3.05, 3.63) is 35.9 Å². The predicted octanol–water partition coefficient (Wildman–Crippen LogP) is 2.20. The van der Waals surface area contributed by atoms with Crippen LogP contribution in [-0.2, 0) is 14.8 Å². The molecule has 0 spiro atoms. The summed E-state index contributed by atoms with van der Waals surface area (Å²) in [6, 6.07) is 9.61. The number of carbonyl (C=O) groups is 1. The van der Waals surface area contributed by atoms with Crippen molar-refractivity contribution in [3.8, 4) is 0 Å². The van der Waals surface area contributed by atoms with Crippen molar-refractivity contribution in [1.29, 1.82) is 0 Å². The topological polar surface area (TPSA) is 83.7 Å². The molecular formula is C20H32ClN3O3S. The molecule has 2 N–H and O–H groups in total. The van der Waals surface area contributed by atoms with Crippen LogP contribution < -0.4 is 5.73 Å². The molecule has 1 aromatic rings. The minimum absolute atomic E-state index is 0. The molecule has 2 heterocycles. The first-order chi connectivity index (χ1) is 13.0. The molecule has 1 amide bonds. The van der Waals surface area contributed by atoms with Crippen LogP contribution in [0.1, 0.15) is 44.1 Å². The van der Waals surface area contributed by atoms with Gasteiger partial charge in [0.15, 0.2) is 0 Å². The fourth-order valence-electron chi connectivity index (χ4n) is 4.44. The zero-order chi connectivity index (χ0) is 19.4. The van der Waals surface area contributed by atoms with Crippen LogP contribution in [0.15, 0.2) is 30.3 Å². The molecule has 6 nitrogen and oxygen atoms in total. The summed E-state index contributed by atoms with van der Waals surface area (Å²) >= 11 is 0. The van der Waals surface area contributed by atoms with Gasteiger partial charge in [0, 0.05) is 25.6 Å². The average molecular weight is 430 g/mol. The van der Waals surface area contributed by atoms with Crippen molar-refractivity contribution in [1.82, 2.24) is 9.21 Å². The molecule has 0 aliphatic carbocycles. The Hall–Kier alpha value is -1.15. The summed E-state index contributed by atoms with van der Waals surface area (Å²) in [5.74, 6) is 0.478. The largest absolute Gasteiger partial charge is 0.340 e. The maximum atomic E-state index is 13.3. The van der Waals surface area contributed by atoms with E-state index in [1.807, 2.05) is 30.0 Å². The molecule has 3 rings (SSSR count). The summed E-state index contributed by atoms with van der Waals surface area (Å²) in [5.41, 5.74) is 7.19. The van der Waals surface area contributed by atoms with Gasteiger partial charge in [-0.2, -0.15) is 4.31 Å². The zero-order valence-electron chi connectivity index (χ0n) is 16.5. The number of carbonyl (C=O) groups excluding carboxylic acids is 1. The molecule has 1 unspecified atom stereocenters. The van der Waals surface area contributed by atoms with Crippen LogP contribution in [0.2, 0.25) is 0 Å². The van der Waals surface area contributed by atoms with Gasteiger partial charge in [0.2, 0.25) is 15.9 Å². The second-order valence-corrected chi connectivity index (χ2v) is 9.74. The van der Waals surface area contributed by atoms with E-state index in [1.165, 1.54) is 9.87 Å². The number of sulfonamides is 1. The van der Waals surface area contributed by atoms with E-state index in [4.69, 9.17) is 5.73 Å². The van der Waals surface area contributed by atoms with Crippen molar-refractivity contribution in [2.75, 3.05) is 31.9 Å². The molecule has 3 atom stereocenters. The third-order valence-electron chi connectivity index (χ3n) is 5.84. The maximum absolute atomic E-state index is 13.3. The van der Waals surface area contributed by atoms with Crippen molar-refractivity contribution in [3.63, 3.8) is 0 Å². The number of hydrogen-bond donors (Lipinski definition) is 1. The van der Waals surface area contributed by atoms with Gasteiger partial charge in [-0.15, -0.1) is 12.4 Å². The normalized spacial score (nSPS) is 26.1. The fraction of sp³-hybridized carbons (Fsp3) is 0.650. The van der Waals surface area contributed by atoms with E-state index in [0.29, 0.717) is 39.0 Å². The molecule has 2 aliphatic heterocycles. The molecule has 2 aliphatic rings. The highest BCUT2D eigenvalue weighted by atomic mass is 35.5. The van der Waals surface area contributed by atoms with Crippen LogP contribution in [0.25, 0.3) is 0 Å². The number of nitrogens with two attached hydrogens (primary N) is 1. The standard InChI is InChI=1S/C20H31N3O3S.ClH/c1-2-12-27(25,26)23-11-7-6-10-19(23)20(24)22-14-17(13-21)18(15-22)16-8-4-3-5-9-16;/h3-5,8-9,17-19H,2,6-7,10-15,21H2,1H3;1H/t17-,18+,19?;/m1./s1. The number of benzene rings is 1. The third kappa shape index (κ3) is 4.87. The van der Waals surface area contributed by atoms with Gasteiger partial charge in [-0.1, -0.05) is 43.7 Å². The van der Waals surface area contributed by atoms with Crippen molar-refractivity contribution < 1.29 is 13.2 Å². The highest BCUT2D eigenvalue weighted by Gasteiger charge is 2.42. The average Bonchev–Trinajstić information content (AvgIpc) is 3.12. The zero-order valence-corrected chi connectivity index (χ0v) is 18.1. The number of nitrogens with zero attached hydrogens (tertiary/aromatic N) is 2. The fourth-order valence-corrected chi connectivity index (χ4v) is 6.18. The molecule has 2 saturated heterocycles. The van der Waals surface area contributed by atoms with Crippen molar-refractivity contribution in [2.24, 2.45) is 11.7 Å². The maximum Gasteiger partial charge on any atom is 0.241 e. The highest BCUT2D eigenvalue weighted by molar-refractivity contribution is 7.89. The Bertz CT molecular complexity index is 744. The Kier molecular flexibility index (Phi) is 8.30. The summed E-state index contributed by atoms with van der Waals surface area (Å²) < 4.78 is 26.8. The van der Waals surface area contributed by atoms with E-state index in [2.05, 4.69) is 12.1 Å². The predicted molar refractivity (Wildman–Crippen MR) is 114 cm³/mol. The Morgan fingerprint density at radius 3 is 2.54 bits per heavy atom. The van der Waals surface area contributed by atoms with Crippen LogP contribution in [0.4, 0.5) is 0 Å². The smallest absolute Gasteiger partial charge is 0.241 e. The van der Waals surface area contributed by atoms with Crippen molar-refractivity contribution >= 4 is 28.3 Å². The molecule has 0 saturated carbocycles. The number of halogens is 1. The Morgan fingerprint density at radius 1 is 1.18 bits per heavy atom. The molecule has 1 aromatic carbocycles. The first-order valence-electron chi connectivity index (χ1n) is 10.0. The molecule has 28 heavy (non-hydrogen) atoms. The minimum atomic E-state index is -3.38. The van der Waals surface area contributed by atoms with Gasteiger partial charge in [-0.25, -0.2) is 8.42 Å². The summed E-state index contributed by atoms with van der Waals surface area (Å²) in [7, 11) is -3.38. The van der Waals surface area contributed by atoms with Gasteiger partial charge < -0.3 is 10.6 Å². The monoisotopic (exact) mass is 429 g/mol. The van der Waals surface area contributed by atoms with Gasteiger partial charge >= 0.3 is 0 Å². The van der Waals surface area contributed by atoms with Gasteiger partial charge in [-0.05, 0) is 37.3 Å². The van der Waals surface area contributed by atoms with Crippen LogP contribution in [-0.4, -0.2) is 61.5 Å². The summed E-state index contributed by atoms with van der Waals surface area (Å²) in [6.45, 7) is 4.05. The summed E-state index contributed by atoms with van der Waals surface area (Å²) in [4.78, 5) is 15.1. The molecule has 0 radical (unpaired) electrons. The molecule has 0 bridgehead atoms. The lowest BCUT2D eigenvalue weighted by molar-refractivity contribution is -0.135. The highest BCUT2D eigenvalue weighted by Crippen LogP contribution is 2.34. The van der Waals surface area contributed by atoms with Gasteiger partial charge in [-0.3, -0.25) is 4.79 Å². The van der Waals surface area contributed by atoms with E-state index < -0.39 is 16.1 Å². The van der Waals surface area contributed by atoms with Crippen LogP contribution in [0.5, 0.6) is 0 Å². The van der Waals surface area contributed by atoms with Gasteiger partial charge in [0.25, 0.3) is 0 Å². The number of rotatable bonds is 6. The molecule has 8 heteroatoms. The van der Waals surface area contributed by atoms with E-state index in [-0.39, 0.29) is 35.9 Å². The minimum Gasteiger partial charge on any atom is -0.340 e. The van der Waals surface area contributed by atoms with Crippen LogP contribution in [0.3, 0.4) is 0 Å². The lowest BCUT2D eigenvalue weighted by Gasteiger charge is -2.35. The summed E-state index contributed by atoms with van der Waals surface area (Å²) in [6.07, 6.45) is 2.89. The van der Waals surface area contributed by atoms with Crippen molar-refractivity contribution in [2.45, 2.75) is 44.6 Å². The lowest BCUT2D eigenvalue weighted by atomic mass is 9.89. The van der Waals surface area contributed by atoms with E-state index in [0.717, 1.165) is 12.8 Å². The number of amides is 1. The Morgan fingerprint density at radius 2 is 1.89 bits per heavy atom.